The van der Waals surface area contributed by atoms with Crippen LogP contribution >= 0.6 is 11.8 Å². The first-order valence-electron chi connectivity index (χ1n) is 2.88. The van der Waals surface area contributed by atoms with Crippen LogP contribution in [0.15, 0.2) is 5.16 Å². The van der Waals surface area contributed by atoms with Gasteiger partial charge in [-0.3, -0.25) is 0 Å². The molecule has 6 heteroatoms. The van der Waals surface area contributed by atoms with Gasteiger partial charge in [-0.15, -0.1) is 5.10 Å². The van der Waals surface area contributed by atoms with Crippen molar-refractivity contribution in [3.63, 3.8) is 0 Å². The summed E-state index contributed by atoms with van der Waals surface area (Å²) in [7, 11) is 0. The molecule has 1 aromatic rings. The van der Waals surface area contributed by atoms with Crippen molar-refractivity contribution >= 4 is 11.8 Å². The molecule has 0 unspecified atom stereocenters. The molecule has 0 atom stereocenters. The molecule has 56 valence electrons. The SMILES string of the molecule is CSc1nnnn1CCN. The Kier molecular flexibility index (Phi) is 2.64. The Labute approximate surface area is 63.0 Å². The van der Waals surface area contributed by atoms with E-state index in [0.29, 0.717) is 13.1 Å². The number of nitrogens with two attached hydrogens (primary N) is 1. The van der Waals surface area contributed by atoms with Gasteiger partial charge in [0.15, 0.2) is 0 Å². The van der Waals surface area contributed by atoms with E-state index < -0.39 is 0 Å². The van der Waals surface area contributed by atoms with E-state index >= 15 is 0 Å². The predicted octanol–water partition coefficient (Wildman–Crippen LogP) is -0.646. The summed E-state index contributed by atoms with van der Waals surface area (Å²) in [6, 6.07) is 0. The molecule has 0 bridgehead atoms. The minimum absolute atomic E-state index is 0.568. The number of thioether (sulfide) groups is 1. The summed E-state index contributed by atoms with van der Waals surface area (Å²) in [5.41, 5.74) is 5.32. The van der Waals surface area contributed by atoms with Crippen molar-refractivity contribution in [2.24, 2.45) is 5.73 Å². The van der Waals surface area contributed by atoms with Gasteiger partial charge in [0.2, 0.25) is 5.16 Å². The van der Waals surface area contributed by atoms with Crippen LogP contribution < -0.4 is 5.73 Å². The Morgan fingerprint density at radius 1 is 1.70 bits per heavy atom. The van der Waals surface area contributed by atoms with E-state index in [2.05, 4.69) is 15.5 Å². The number of tetrazole rings is 1. The van der Waals surface area contributed by atoms with E-state index in [0.717, 1.165) is 5.16 Å². The molecule has 0 saturated heterocycles. The van der Waals surface area contributed by atoms with Gasteiger partial charge in [-0.05, 0) is 16.7 Å². The minimum Gasteiger partial charge on any atom is -0.329 e. The van der Waals surface area contributed by atoms with Crippen LogP contribution in [-0.4, -0.2) is 33.0 Å². The van der Waals surface area contributed by atoms with E-state index in [1.54, 1.807) is 4.68 Å². The summed E-state index contributed by atoms with van der Waals surface area (Å²) in [5, 5.41) is 11.8. The van der Waals surface area contributed by atoms with Crippen molar-refractivity contribution in [3.05, 3.63) is 0 Å². The summed E-state index contributed by atoms with van der Waals surface area (Å²) >= 11 is 1.51. The van der Waals surface area contributed by atoms with Gasteiger partial charge < -0.3 is 5.73 Å². The maximum absolute atomic E-state index is 5.32. The Balaban J connectivity index is 2.70. The monoisotopic (exact) mass is 159 g/mol. The standard InChI is InChI=1S/C4H9N5S/c1-10-4-6-7-8-9(4)3-2-5/h2-3,5H2,1H3. The van der Waals surface area contributed by atoms with E-state index in [1.807, 2.05) is 6.26 Å². The molecule has 1 heterocycles. The van der Waals surface area contributed by atoms with Gasteiger partial charge in [0.25, 0.3) is 0 Å². The first kappa shape index (κ1) is 7.49. The molecule has 0 fully saturated rings. The van der Waals surface area contributed by atoms with Crippen molar-refractivity contribution < 1.29 is 0 Å². The smallest absolute Gasteiger partial charge is 0.209 e. The fourth-order valence-corrected chi connectivity index (χ4v) is 1.06. The van der Waals surface area contributed by atoms with Crippen molar-refractivity contribution in [2.45, 2.75) is 11.7 Å². The van der Waals surface area contributed by atoms with Gasteiger partial charge >= 0.3 is 0 Å². The maximum Gasteiger partial charge on any atom is 0.209 e. The lowest BCUT2D eigenvalue weighted by Crippen LogP contribution is -2.11. The lowest BCUT2D eigenvalue weighted by Gasteiger charge is -1.96. The van der Waals surface area contributed by atoms with Gasteiger partial charge in [0.05, 0.1) is 6.54 Å². The fraction of sp³-hybridized carbons (Fsp3) is 0.750. The highest BCUT2D eigenvalue weighted by molar-refractivity contribution is 7.98. The molecule has 0 aromatic carbocycles. The van der Waals surface area contributed by atoms with E-state index in [1.165, 1.54) is 11.8 Å². The van der Waals surface area contributed by atoms with Gasteiger partial charge in [-0.2, -0.15) is 0 Å². The summed E-state index contributed by atoms with van der Waals surface area (Å²) in [6.07, 6.45) is 1.93. The molecule has 0 aliphatic rings. The largest absolute Gasteiger partial charge is 0.329 e. The number of hydrogen-bond acceptors (Lipinski definition) is 5. The molecular formula is C4H9N5S. The number of hydrogen-bond donors (Lipinski definition) is 1. The predicted molar refractivity (Wildman–Crippen MR) is 38.7 cm³/mol. The lowest BCUT2D eigenvalue weighted by atomic mass is 10.7. The number of rotatable bonds is 3. The molecule has 0 amide bonds. The molecule has 10 heavy (non-hydrogen) atoms. The summed E-state index contributed by atoms with van der Waals surface area (Å²) in [5.74, 6) is 0. The molecule has 1 rings (SSSR count). The Bertz CT molecular complexity index is 197. The third-order valence-electron chi connectivity index (χ3n) is 1.02. The molecule has 0 saturated carbocycles. The zero-order valence-electron chi connectivity index (χ0n) is 5.69. The van der Waals surface area contributed by atoms with Gasteiger partial charge in [0.1, 0.15) is 0 Å². The Hall–Kier alpha value is -0.620. The summed E-state index contributed by atoms with van der Waals surface area (Å²) < 4.78 is 1.69. The Morgan fingerprint density at radius 2 is 2.50 bits per heavy atom. The second kappa shape index (κ2) is 3.52. The average Bonchev–Trinajstić information content (AvgIpc) is 2.36. The molecule has 2 N–H and O–H groups in total. The molecule has 5 nitrogen and oxygen atoms in total. The average molecular weight is 159 g/mol. The van der Waals surface area contributed by atoms with Crippen LogP contribution in [0.1, 0.15) is 0 Å². The van der Waals surface area contributed by atoms with Crippen LogP contribution in [0.4, 0.5) is 0 Å². The molecule has 0 aliphatic heterocycles. The third kappa shape index (κ3) is 1.45. The molecule has 0 radical (unpaired) electrons. The van der Waals surface area contributed by atoms with Crippen molar-refractivity contribution in [1.82, 2.24) is 20.2 Å². The van der Waals surface area contributed by atoms with Crippen LogP contribution in [0.25, 0.3) is 0 Å². The zero-order chi connectivity index (χ0) is 7.40. The summed E-state index contributed by atoms with van der Waals surface area (Å²) in [6.45, 7) is 1.25. The number of nitrogens with zero attached hydrogens (tertiary/aromatic N) is 4. The highest BCUT2D eigenvalue weighted by Gasteiger charge is 2.00. The van der Waals surface area contributed by atoms with Gasteiger partial charge in [-0.25, -0.2) is 4.68 Å². The topological polar surface area (TPSA) is 69.6 Å². The van der Waals surface area contributed by atoms with E-state index in [4.69, 9.17) is 5.73 Å². The second-order valence-corrected chi connectivity index (χ2v) is 2.45. The fourth-order valence-electron chi connectivity index (χ4n) is 0.605. The normalized spacial score (nSPS) is 10.2. The van der Waals surface area contributed by atoms with E-state index in [9.17, 15) is 0 Å². The van der Waals surface area contributed by atoms with Crippen LogP contribution in [0.2, 0.25) is 0 Å². The van der Waals surface area contributed by atoms with Crippen LogP contribution in [0.3, 0.4) is 0 Å². The molecule has 0 spiro atoms. The quantitative estimate of drug-likeness (QED) is 0.594. The molecular weight excluding hydrogens is 150 g/mol. The highest BCUT2D eigenvalue weighted by Crippen LogP contribution is 2.06. The summed E-state index contributed by atoms with van der Waals surface area (Å²) in [4.78, 5) is 0. The second-order valence-electron chi connectivity index (χ2n) is 1.68. The van der Waals surface area contributed by atoms with Gasteiger partial charge in [-0.1, -0.05) is 11.8 Å². The lowest BCUT2D eigenvalue weighted by molar-refractivity contribution is 0.557. The third-order valence-corrected chi connectivity index (χ3v) is 1.68. The van der Waals surface area contributed by atoms with Crippen LogP contribution in [0, 0.1) is 0 Å². The zero-order valence-corrected chi connectivity index (χ0v) is 6.51. The molecule has 0 aliphatic carbocycles. The van der Waals surface area contributed by atoms with Crippen molar-refractivity contribution in [2.75, 3.05) is 12.8 Å². The van der Waals surface area contributed by atoms with Gasteiger partial charge in [0, 0.05) is 6.54 Å². The first-order valence-corrected chi connectivity index (χ1v) is 4.11. The number of aromatic nitrogens is 4. The van der Waals surface area contributed by atoms with Crippen LogP contribution in [0.5, 0.6) is 0 Å². The molecule has 1 aromatic heterocycles. The van der Waals surface area contributed by atoms with Crippen molar-refractivity contribution in [1.29, 1.82) is 0 Å². The van der Waals surface area contributed by atoms with E-state index in [-0.39, 0.29) is 0 Å². The van der Waals surface area contributed by atoms with Crippen LogP contribution in [-0.2, 0) is 6.54 Å². The first-order chi connectivity index (χ1) is 4.88. The Morgan fingerprint density at radius 3 is 3.10 bits per heavy atom. The highest BCUT2D eigenvalue weighted by atomic mass is 32.2. The minimum atomic E-state index is 0.568. The maximum atomic E-state index is 5.32. The van der Waals surface area contributed by atoms with Crippen molar-refractivity contribution in [3.8, 4) is 0 Å².